The molecule has 0 unspecified atom stereocenters. The van der Waals surface area contributed by atoms with E-state index in [2.05, 4.69) is 4.98 Å². The van der Waals surface area contributed by atoms with E-state index in [1.165, 1.54) is 23.3 Å². The number of hydrogen-bond donors (Lipinski definition) is 1. The number of carbonyl (C=O) groups is 2. The Labute approximate surface area is 223 Å². The van der Waals surface area contributed by atoms with Gasteiger partial charge in [-0.05, 0) is 44.2 Å². The van der Waals surface area contributed by atoms with Gasteiger partial charge in [0.15, 0.2) is 0 Å². The first-order chi connectivity index (χ1) is 18.8. The SMILES string of the molecule is Cc1ccc(C(=O)OC[C@H]2O[C@H](n3cc(-c4ccoc4)c(N)nc3=O)C[C@@H]2OC(=O)c2ccc(C)cc2)cc1. The number of anilines is 1. The Balaban J connectivity index is 1.39. The number of aromatic nitrogens is 2. The summed E-state index contributed by atoms with van der Waals surface area (Å²) in [5.41, 5.74) is 9.23. The lowest BCUT2D eigenvalue weighted by Gasteiger charge is -2.19. The van der Waals surface area contributed by atoms with Gasteiger partial charge in [0.05, 0.1) is 23.7 Å². The number of rotatable bonds is 7. The highest BCUT2D eigenvalue weighted by molar-refractivity contribution is 5.90. The summed E-state index contributed by atoms with van der Waals surface area (Å²) in [5.74, 6) is -1.05. The number of esters is 2. The van der Waals surface area contributed by atoms with E-state index in [4.69, 9.17) is 24.4 Å². The summed E-state index contributed by atoms with van der Waals surface area (Å²) < 4.78 is 23.8. The molecular formula is C29H27N3O7. The summed E-state index contributed by atoms with van der Waals surface area (Å²) in [5, 5.41) is 0. The number of nitrogens with two attached hydrogens (primary N) is 1. The largest absolute Gasteiger partial charge is 0.472 e. The molecule has 0 aliphatic carbocycles. The van der Waals surface area contributed by atoms with E-state index in [0.29, 0.717) is 22.3 Å². The zero-order valence-corrected chi connectivity index (χ0v) is 21.4. The quantitative estimate of drug-likeness (QED) is 0.351. The first-order valence-electron chi connectivity index (χ1n) is 12.4. The lowest BCUT2D eigenvalue weighted by molar-refractivity contribution is -0.0581. The molecule has 10 nitrogen and oxygen atoms in total. The molecule has 0 saturated carbocycles. The first-order valence-corrected chi connectivity index (χ1v) is 12.4. The molecule has 2 aromatic heterocycles. The Bertz CT molecular complexity index is 1530. The van der Waals surface area contributed by atoms with Crippen LogP contribution in [0.25, 0.3) is 11.1 Å². The summed E-state index contributed by atoms with van der Waals surface area (Å²) in [6, 6.07) is 15.6. The highest BCUT2D eigenvalue weighted by atomic mass is 16.6. The molecule has 1 saturated heterocycles. The van der Waals surface area contributed by atoms with Crippen molar-refractivity contribution in [2.75, 3.05) is 12.3 Å². The maximum atomic E-state index is 12.9. The molecule has 0 spiro atoms. The van der Waals surface area contributed by atoms with Gasteiger partial charge in [-0.25, -0.2) is 14.4 Å². The van der Waals surface area contributed by atoms with E-state index in [0.717, 1.165) is 11.1 Å². The Hall–Kier alpha value is -4.70. The van der Waals surface area contributed by atoms with Crippen LogP contribution in [-0.2, 0) is 14.2 Å². The van der Waals surface area contributed by atoms with Crippen LogP contribution in [0.2, 0.25) is 0 Å². The number of hydrogen-bond acceptors (Lipinski definition) is 9. The molecule has 4 aromatic rings. The number of nitrogen functional groups attached to an aromatic ring is 1. The van der Waals surface area contributed by atoms with Gasteiger partial charge in [-0.2, -0.15) is 4.98 Å². The minimum absolute atomic E-state index is 0.0431. The summed E-state index contributed by atoms with van der Waals surface area (Å²) in [4.78, 5) is 42.3. The van der Waals surface area contributed by atoms with Crippen molar-refractivity contribution in [3.63, 3.8) is 0 Å². The second-order valence-corrected chi connectivity index (χ2v) is 9.38. The Morgan fingerprint density at radius 2 is 1.64 bits per heavy atom. The smallest absolute Gasteiger partial charge is 0.351 e. The molecule has 39 heavy (non-hydrogen) atoms. The predicted octanol–water partition coefficient (Wildman–Crippen LogP) is 4.07. The standard InChI is InChI=1S/C29H27N3O7/c1-17-3-7-19(8-4-17)27(33)37-16-24-23(39-28(34)20-9-5-18(2)6-10-20)13-25(38-24)32-14-22(21-11-12-36-15-21)26(30)31-29(32)35/h3-12,14-15,23-25H,13,16H2,1-2H3,(H2,30,31,35)/t23-,24+,25-/m0/s1. The second kappa shape index (κ2) is 11.0. The van der Waals surface area contributed by atoms with E-state index in [9.17, 15) is 14.4 Å². The van der Waals surface area contributed by atoms with Crippen molar-refractivity contribution >= 4 is 17.8 Å². The highest BCUT2D eigenvalue weighted by Gasteiger charge is 2.40. The Morgan fingerprint density at radius 1 is 1.00 bits per heavy atom. The zero-order chi connectivity index (χ0) is 27.5. The number of benzene rings is 2. The fraction of sp³-hybridized carbons (Fsp3) is 0.241. The minimum atomic E-state index is -0.852. The molecule has 1 fully saturated rings. The van der Waals surface area contributed by atoms with Crippen molar-refractivity contribution in [1.29, 1.82) is 0 Å². The van der Waals surface area contributed by atoms with Gasteiger partial charge < -0.3 is 24.4 Å². The van der Waals surface area contributed by atoms with E-state index in [1.807, 2.05) is 38.1 Å². The van der Waals surface area contributed by atoms with Crippen LogP contribution in [0.1, 0.15) is 44.5 Å². The Kier molecular flexibility index (Phi) is 7.29. The van der Waals surface area contributed by atoms with Gasteiger partial charge in [0.2, 0.25) is 0 Å². The van der Waals surface area contributed by atoms with Crippen LogP contribution in [0.15, 0.2) is 82.5 Å². The van der Waals surface area contributed by atoms with Gasteiger partial charge in [-0.15, -0.1) is 0 Å². The van der Waals surface area contributed by atoms with Crippen LogP contribution in [0.5, 0.6) is 0 Å². The Morgan fingerprint density at radius 3 is 2.26 bits per heavy atom. The van der Waals surface area contributed by atoms with Crippen molar-refractivity contribution in [3.05, 3.63) is 106 Å². The van der Waals surface area contributed by atoms with Crippen LogP contribution >= 0.6 is 0 Å². The van der Waals surface area contributed by atoms with Crippen molar-refractivity contribution in [1.82, 2.24) is 9.55 Å². The third kappa shape index (κ3) is 5.75. The highest BCUT2D eigenvalue weighted by Crippen LogP contribution is 2.33. The number of aryl methyl sites for hydroxylation is 2. The fourth-order valence-electron chi connectivity index (χ4n) is 4.30. The van der Waals surface area contributed by atoms with Gasteiger partial charge in [0, 0.05) is 23.7 Å². The van der Waals surface area contributed by atoms with E-state index < -0.39 is 36.1 Å². The van der Waals surface area contributed by atoms with Crippen molar-refractivity contribution in [2.24, 2.45) is 0 Å². The molecule has 1 aliphatic rings. The van der Waals surface area contributed by atoms with Crippen molar-refractivity contribution in [2.45, 2.75) is 38.7 Å². The minimum Gasteiger partial charge on any atom is -0.472 e. The third-order valence-electron chi connectivity index (χ3n) is 6.52. The normalized spacial score (nSPS) is 18.6. The molecule has 10 heteroatoms. The monoisotopic (exact) mass is 529 g/mol. The summed E-state index contributed by atoms with van der Waals surface area (Å²) in [7, 11) is 0. The predicted molar refractivity (Wildman–Crippen MR) is 141 cm³/mol. The van der Waals surface area contributed by atoms with Gasteiger partial charge in [0.25, 0.3) is 0 Å². The molecular weight excluding hydrogens is 502 g/mol. The topological polar surface area (TPSA) is 136 Å². The number of nitrogens with zero attached hydrogens (tertiary/aromatic N) is 2. The molecule has 1 aliphatic heterocycles. The van der Waals surface area contributed by atoms with Gasteiger partial charge in [-0.1, -0.05) is 35.4 Å². The summed E-state index contributed by atoms with van der Waals surface area (Å²) in [6.07, 6.45) is 2.12. The van der Waals surface area contributed by atoms with Crippen LogP contribution in [-0.4, -0.2) is 40.3 Å². The third-order valence-corrected chi connectivity index (χ3v) is 6.52. The average molecular weight is 530 g/mol. The molecule has 200 valence electrons. The van der Waals surface area contributed by atoms with Crippen LogP contribution in [0.4, 0.5) is 5.82 Å². The maximum Gasteiger partial charge on any atom is 0.351 e. The zero-order valence-electron chi connectivity index (χ0n) is 21.4. The van der Waals surface area contributed by atoms with Gasteiger partial charge >= 0.3 is 17.6 Å². The van der Waals surface area contributed by atoms with Crippen molar-refractivity contribution in [3.8, 4) is 11.1 Å². The molecule has 0 bridgehead atoms. The maximum absolute atomic E-state index is 12.9. The van der Waals surface area contributed by atoms with E-state index in [1.54, 1.807) is 30.3 Å². The summed E-state index contributed by atoms with van der Waals surface area (Å²) in [6.45, 7) is 3.64. The van der Waals surface area contributed by atoms with Crippen molar-refractivity contribution < 1.29 is 28.2 Å². The van der Waals surface area contributed by atoms with Crippen LogP contribution in [0.3, 0.4) is 0 Å². The van der Waals surface area contributed by atoms with Crippen LogP contribution in [0, 0.1) is 13.8 Å². The second-order valence-electron chi connectivity index (χ2n) is 9.38. The molecule has 2 aromatic carbocycles. The van der Waals surface area contributed by atoms with E-state index in [-0.39, 0.29) is 18.8 Å². The first kappa shape index (κ1) is 25.9. The van der Waals surface area contributed by atoms with Gasteiger partial charge in [-0.3, -0.25) is 4.57 Å². The lowest BCUT2D eigenvalue weighted by Crippen LogP contribution is -2.32. The lowest BCUT2D eigenvalue weighted by atomic mass is 10.1. The summed E-state index contributed by atoms with van der Waals surface area (Å²) >= 11 is 0. The molecule has 3 heterocycles. The number of furan rings is 1. The number of ether oxygens (including phenoxy) is 3. The van der Waals surface area contributed by atoms with E-state index >= 15 is 0 Å². The number of carbonyl (C=O) groups excluding carboxylic acids is 2. The molecule has 5 rings (SSSR count). The fourth-order valence-corrected chi connectivity index (χ4v) is 4.30. The average Bonchev–Trinajstić information content (AvgIpc) is 3.59. The molecule has 2 N–H and O–H groups in total. The van der Waals surface area contributed by atoms with Gasteiger partial charge in [0.1, 0.15) is 30.9 Å². The van der Waals surface area contributed by atoms with Crippen LogP contribution < -0.4 is 11.4 Å². The molecule has 0 radical (unpaired) electrons. The molecule has 0 amide bonds. The molecule has 3 atom stereocenters.